The zero-order valence-electron chi connectivity index (χ0n) is 19.7. The fourth-order valence-corrected chi connectivity index (χ4v) is 6.26. The van der Waals surface area contributed by atoms with Gasteiger partial charge in [0.1, 0.15) is 0 Å². The highest BCUT2D eigenvalue weighted by Crippen LogP contribution is 2.43. The molecule has 0 amide bonds. The maximum absolute atomic E-state index is 15.3. The van der Waals surface area contributed by atoms with Gasteiger partial charge in [0, 0.05) is 10.8 Å². The molecule has 0 N–H and O–H groups in total. The van der Waals surface area contributed by atoms with E-state index >= 15 is 8.78 Å². The first kappa shape index (κ1) is 22.9. The molecule has 0 spiro atoms. The average molecular weight is 473 g/mol. The molecule has 178 valence electrons. The summed E-state index contributed by atoms with van der Waals surface area (Å²) in [6.07, 6.45) is 10.0. The van der Waals surface area contributed by atoms with Crippen LogP contribution in [0.3, 0.4) is 0 Å². The van der Waals surface area contributed by atoms with Crippen LogP contribution in [0.2, 0.25) is 0 Å². The Morgan fingerprint density at radius 1 is 0.788 bits per heavy atom. The van der Waals surface area contributed by atoms with E-state index in [4.69, 9.17) is 9.47 Å². The Labute approximate surface area is 199 Å². The molecule has 1 heterocycles. The molecule has 0 atom stereocenters. The second kappa shape index (κ2) is 9.77. The van der Waals surface area contributed by atoms with Crippen LogP contribution in [-0.2, 0) is 0 Å². The zero-order valence-corrected chi connectivity index (χ0v) is 20.5. The van der Waals surface area contributed by atoms with Crippen LogP contribution in [0, 0.1) is 35.3 Å². The van der Waals surface area contributed by atoms with Gasteiger partial charge in [0.15, 0.2) is 23.1 Å². The fourth-order valence-electron chi connectivity index (χ4n) is 5.10. The maximum atomic E-state index is 15.3. The Morgan fingerprint density at radius 3 is 1.85 bits per heavy atom. The highest BCUT2D eigenvalue weighted by molar-refractivity contribution is 7.25. The van der Waals surface area contributed by atoms with Crippen molar-refractivity contribution in [3.63, 3.8) is 0 Å². The van der Waals surface area contributed by atoms with Crippen LogP contribution >= 0.6 is 11.3 Å². The van der Waals surface area contributed by atoms with Gasteiger partial charge in [0.25, 0.3) is 0 Å². The molecule has 33 heavy (non-hydrogen) atoms. The summed E-state index contributed by atoms with van der Waals surface area (Å²) in [5.74, 6) is 2.62. The number of halogens is 2. The van der Waals surface area contributed by atoms with Crippen molar-refractivity contribution >= 4 is 31.5 Å². The average Bonchev–Trinajstić information content (AvgIpc) is 3.53. The summed E-state index contributed by atoms with van der Waals surface area (Å²) in [6.45, 7) is 5.25. The summed E-state index contributed by atoms with van der Waals surface area (Å²) in [6, 6.07) is 7.05. The monoisotopic (exact) mass is 472 g/mol. The van der Waals surface area contributed by atoms with Gasteiger partial charge in [-0.05, 0) is 73.6 Å². The molecule has 0 unspecified atom stereocenters. The Kier molecular flexibility index (Phi) is 6.78. The van der Waals surface area contributed by atoms with Gasteiger partial charge in [-0.2, -0.15) is 0 Å². The van der Waals surface area contributed by atoms with Gasteiger partial charge in [0.05, 0.1) is 22.6 Å². The number of hydrogen-bond donors (Lipinski definition) is 0. The van der Waals surface area contributed by atoms with E-state index in [2.05, 4.69) is 13.8 Å². The molecule has 0 aliphatic heterocycles. The van der Waals surface area contributed by atoms with Gasteiger partial charge in [-0.1, -0.05) is 39.5 Å². The smallest absolute Gasteiger partial charge is 0.182 e. The highest BCUT2D eigenvalue weighted by atomic mass is 32.1. The van der Waals surface area contributed by atoms with E-state index in [0.717, 1.165) is 40.4 Å². The number of fused-ring (bicyclic) bond motifs is 3. The fraction of sp³-hybridized carbons (Fsp3) is 0.571. The summed E-state index contributed by atoms with van der Waals surface area (Å²) in [5.41, 5.74) is 0. The molecule has 1 aromatic heterocycles. The topological polar surface area (TPSA) is 18.5 Å². The van der Waals surface area contributed by atoms with Crippen LogP contribution in [0.25, 0.3) is 20.2 Å². The first-order valence-electron chi connectivity index (χ1n) is 12.6. The molecule has 2 aromatic carbocycles. The lowest BCUT2D eigenvalue weighted by molar-refractivity contribution is 0.173. The van der Waals surface area contributed by atoms with Crippen molar-refractivity contribution in [3.8, 4) is 11.5 Å². The lowest BCUT2D eigenvalue weighted by Gasteiger charge is -2.28. The predicted octanol–water partition coefficient (Wildman–Crippen LogP) is 8.74. The summed E-state index contributed by atoms with van der Waals surface area (Å²) in [7, 11) is 0. The van der Waals surface area contributed by atoms with Crippen LogP contribution < -0.4 is 9.47 Å². The number of rotatable bonds is 9. The highest BCUT2D eigenvalue weighted by Gasteiger charge is 2.29. The molecule has 3 aromatic rings. The van der Waals surface area contributed by atoms with Crippen LogP contribution in [0.5, 0.6) is 11.5 Å². The van der Waals surface area contributed by atoms with Crippen molar-refractivity contribution in [2.45, 2.75) is 65.2 Å². The zero-order chi connectivity index (χ0) is 22.9. The molecule has 0 bridgehead atoms. The standard InChI is InChI=1S/C28H34F2O2S/c1-17(2)13-14-31-23-11-9-21-22-10-12-24(26(30)28(22)33-27(21)25(23)29)32-16-20-7-5-19(6-8-20)15-18-3-4-18/h9-12,17-20H,3-8,13-16H2,1-2H3. The lowest BCUT2D eigenvalue weighted by atomic mass is 9.80. The molecular formula is C28H34F2O2S. The van der Waals surface area contributed by atoms with Crippen LogP contribution in [-0.4, -0.2) is 13.2 Å². The van der Waals surface area contributed by atoms with Crippen molar-refractivity contribution in [3.05, 3.63) is 35.9 Å². The second-order valence-corrected chi connectivity index (χ2v) is 11.5. The van der Waals surface area contributed by atoms with Crippen molar-refractivity contribution in [1.82, 2.24) is 0 Å². The van der Waals surface area contributed by atoms with E-state index in [1.54, 1.807) is 12.1 Å². The van der Waals surface area contributed by atoms with Gasteiger partial charge < -0.3 is 9.47 Å². The molecular weight excluding hydrogens is 438 g/mol. The van der Waals surface area contributed by atoms with Gasteiger partial charge >= 0.3 is 0 Å². The summed E-state index contributed by atoms with van der Waals surface area (Å²) < 4.78 is 42.9. The normalized spacial score (nSPS) is 21.2. The third-order valence-electron chi connectivity index (χ3n) is 7.37. The molecule has 0 radical (unpaired) electrons. The van der Waals surface area contributed by atoms with E-state index in [1.165, 1.54) is 44.9 Å². The number of thiophene rings is 1. The van der Waals surface area contributed by atoms with Gasteiger partial charge in [-0.15, -0.1) is 11.3 Å². The molecule has 2 fully saturated rings. The molecule has 2 nitrogen and oxygen atoms in total. The van der Waals surface area contributed by atoms with E-state index in [0.29, 0.717) is 34.4 Å². The Balaban J connectivity index is 1.27. The predicted molar refractivity (Wildman–Crippen MR) is 132 cm³/mol. The first-order chi connectivity index (χ1) is 16.0. The molecule has 0 saturated heterocycles. The maximum Gasteiger partial charge on any atom is 0.182 e. The largest absolute Gasteiger partial charge is 0.490 e. The summed E-state index contributed by atoms with van der Waals surface area (Å²) >= 11 is 1.15. The second-order valence-electron chi connectivity index (χ2n) is 10.5. The minimum Gasteiger partial charge on any atom is -0.490 e. The molecule has 5 rings (SSSR count). The van der Waals surface area contributed by atoms with Crippen molar-refractivity contribution in [2.75, 3.05) is 13.2 Å². The molecule has 2 aliphatic carbocycles. The van der Waals surface area contributed by atoms with Crippen LogP contribution in [0.1, 0.15) is 65.2 Å². The Bertz CT molecular complexity index is 1110. The van der Waals surface area contributed by atoms with Crippen molar-refractivity contribution < 1.29 is 18.3 Å². The van der Waals surface area contributed by atoms with Gasteiger partial charge in [0.2, 0.25) is 0 Å². The molecule has 2 aliphatic rings. The van der Waals surface area contributed by atoms with Crippen molar-refractivity contribution in [2.24, 2.45) is 23.7 Å². The van der Waals surface area contributed by atoms with E-state index in [9.17, 15) is 0 Å². The SMILES string of the molecule is CC(C)CCOc1ccc2c(sc3c(F)c(OCC4CCC(CC5CC5)CC4)ccc32)c1F. The van der Waals surface area contributed by atoms with Crippen molar-refractivity contribution in [1.29, 1.82) is 0 Å². The minimum atomic E-state index is -0.401. The van der Waals surface area contributed by atoms with E-state index in [1.807, 2.05) is 12.1 Å². The quantitative estimate of drug-likeness (QED) is 0.310. The van der Waals surface area contributed by atoms with Gasteiger partial charge in [-0.25, -0.2) is 8.78 Å². The van der Waals surface area contributed by atoms with Crippen LogP contribution in [0.15, 0.2) is 24.3 Å². The van der Waals surface area contributed by atoms with E-state index < -0.39 is 5.82 Å². The third-order valence-corrected chi connectivity index (χ3v) is 8.58. The molecule has 5 heteroatoms. The minimum absolute atomic E-state index is 0.240. The Hall–Kier alpha value is -1.88. The van der Waals surface area contributed by atoms with E-state index in [-0.39, 0.29) is 17.3 Å². The van der Waals surface area contributed by atoms with Crippen LogP contribution in [0.4, 0.5) is 8.78 Å². The first-order valence-corrected chi connectivity index (χ1v) is 13.4. The summed E-state index contributed by atoms with van der Waals surface area (Å²) in [4.78, 5) is 0. The number of ether oxygens (including phenoxy) is 2. The Morgan fingerprint density at radius 2 is 1.30 bits per heavy atom. The molecule has 2 saturated carbocycles. The third kappa shape index (κ3) is 5.13. The lowest BCUT2D eigenvalue weighted by Crippen LogP contribution is -2.20. The number of benzene rings is 2. The van der Waals surface area contributed by atoms with Gasteiger partial charge in [-0.3, -0.25) is 0 Å². The number of hydrogen-bond acceptors (Lipinski definition) is 3. The summed E-state index contributed by atoms with van der Waals surface area (Å²) in [5, 5.41) is 1.45.